The Hall–Kier alpha value is -4.00. The maximum atomic E-state index is 14.0. The predicted molar refractivity (Wildman–Crippen MR) is 153 cm³/mol. The molecule has 5 rings (SSSR count). The molecule has 0 radical (unpaired) electrons. The standard InChI is InChI=1S/C32H28ClFN2O3/c33-29-18-27(34)13-14-28(29)32(23-2-1-3-23)31(24-7-4-21(5-8-24)6-15-30(38)39)25-11-9-22(10-12-25)26-19-35-36(20-26)16-17-37/h4-15,18-20,23,37H,1-3,16-17H2,(H,38,39). The van der Waals surface area contributed by atoms with Crippen molar-refractivity contribution in [3.63, 3.8) is 0 Å². The van der Waals surface area contributed by atoms with Crippen LogP contribution in [-0.2, 0) is 11.3 Å². The summed E-state index contributed by atoms with van der Waals surface area (Å²) in [4.78, 5) is 11.0. The third-order valence-corrected chi connectivity index (χ3v) is 7.40. The number of hydrogen-bond donors (Lipinski definition) is 2. The second-order valence-corrected chi connectivity index (χ2v) is 10.0. The SMILES string of the molecule is O=C(O)C=Cc1ccc(C(=C(c2ccc(F)cc2Cl)C2CCC2)c2ccc(-c3cnn(CCO)c3)cc2)cc1. The second kappa shape index (κ2) is 11.8. The van der Waals surface area contributed by atoms with Crippen molar-refractivity contribution in [3.8, 4) is 11.1 Å². The molecule has 1 saturated carbocycles. The van der Waals surface area contributed by atoms with Crippen molar-refractivity contribution < 1.29 is 19.4 Å². The molecule has 0 saturated heterocycles. The molecule has 3 aromatic carbocycles. The van der Waals surface area contributed by atoms with Crippen LogP contribution in [-0.4, -0.2) is 32.6 Å². The minimum absolute atomic E-state index is 0.0228. The van der Waals surface area contributed by atoms with Gasteiger partial charge >= 0.3 is 5.97 Å². The van der Waals surface area contributed by atoms with Crippen molar-refractivity contribution in [2.45, 2.75) is 25.8 Å². The molecule has 0 amide bonds. The van der Waals surface area contributed by atoms with Crippen molar-refractivity contribution in [2.24, 2.45) is 5.92 Å². The Kier molecular flexibility index (Phi) is 8.05. The van der Waals surface area contributed by atoms with Gasteiger partial charge in [-0.15, -0.1) is 0 Å². The number of aromatic nitrogens is 2. The van der Waals surface area contributed by atoms with Gasteiger partial charge in [0.25, 0.3) is 0 Å². The molecule has 1 fully saturated rings. The summed E-state index contributed by atoms with van der Waals surface area (Å²) in [6.45, 7) is 0.459. The van der Waals surface area contributed by atoms with Gasteiger partial charge in [-0.2, -0.15) is 5.10 Å². The highest BCUT2D eigenvalue weighted by molar-refractivity contribution is 6.32. The van der Waals surface area contributed by atoms with Gasteiger partial charge in [-0.3, -0.25) is 4.68 Å². The molecule has 2 N–H and O–H groups in total. The third-order valence-electron chi connectivity index (χ3n) is 7.09. The molecule has 1 aliphatic rings. The molecule has 4 aromatic rings. The Bertz CT molecular complexity index is 1530. The van der Waals surface area contributed by atoms with Gasteiger partial charge in [0.05, 0.1) is 24.4 Å². The molecule has 0 atom stereocenters. The number of halogens is 2. The van der Waals surface area contributed by atoms with Crippen molar-refractivity contribution >= 4 is 34.8 Å². The van der Waals surface area contributed by atoms with E-state index in [2.05, 4.69) is 17.2 Å². The van der Waals surface area contributed by atoms with Crippen molar-refractivity contribution in [1.82, 2.24) is 9.78 Å². The summed E-state index contributed by atoms with van der Waals surface area (Å²) >= 11 is 6.63. The lowest BCUT2D eigenvalue weighted by Gasteiger charge is -2.32. The number of allylic oxidation sites excluding steroid dienone is 1. The molecule has 198 valence electrons. The molecule has 1 aromatic heterocycles. The zero-order valence-corrected chi connectivity index (χ0v) is 22.0. The van der Waals surface area contributed by atoms with E-state index in [1.54, 1.807) is 23.0 Å². The van der Waals surface area contributed by atoms with E-state index in [0.29, 0.717) is 11.6 Å². The zero-order chi connectivity index (χ0) is 27.4. The number of aliphatic hydroxyl groups is 1. The molecule has 0 unspecified atom stereocenters. The molecule has 0 bridgehead atoms. The van der Waals surface area contributed by atoms with Crippen LogP contribution in [0.25, 0.3) is 28.3 Å². The van der Waals surface area contributed by atoms with Crippen LogP contribution >= 0.6 is 11.6 Å². The topological polar surface area (TPSA) is 75.3 Å². The van der Waals surface area contributed by atoms with E-state index in [1.165, 1.54) is 12.1 Å². The molecule has 0 aliphatic heterocycles. The number of aliphatic carboxylic acids is 1. The molecule has 0 spiro atoms. The normalized spacial score (nSPS) is 14.3. The fourth-order valence-corrected chi connectivity index (χ4v) is 5.21. The van der Waals surface area contributed by atoms with Crippen LogP contribution in [0.5, 0.6) is 0 Å². The van der Waals surface area contributed by atoms with E-state index in [4.69, 9.17) is 16.7 Å². The van der Waals surface area contributed by atoms with E-state index in [-0.39, 0.29) is 18.3 Å². The average molecular weight is 543 g/mol. The van der Waals surface area contributed by atoms with Crippen LogP contribution in [0, 0.1) is 11.7 Å². The Morgan fingerprint density at radius 1 is 1.03 bits per heavy atom. The number of nitrogens with zero attached hydrogens (tertiary/aromatic N) is 2. The Morgan fingerprint density at radius 2 is 1.72 bits per heavy atom. The van der Waals surface area contributed by atoms with Gasteiger partial charge in [-0.05, 0) is 75.9 Å². The number of aliphatic hydroxyl groups excluding tert-OH is 1. The predicted octanol–water partition coefficient (Wildman–Crippen LogP) is 7.19. The second-order valence-electron chi connectivity index (χ2n) is 9.63. The van der Waals surface area contributed by atoms with Crippen molar-refractivity contribution in [2.75, 3.05) is 6.61 Å². The van der Waals surface area contributed by atoms with Gasteiger partial charge in [0.2, 0.25) is 0 Å². The van der Waals surface area contributed by atoms with E-state index >= 15 is 0 Å². The van der Waals surface area contributed by atoms with Gasteiger partial charge < -0.3 is 10.2 Å². The van der Waals surface area contributed by atoms with E-state index in [9.17, 15) is 14.3 Å². The molecular weight excluding hydrogens is 515 g/mol. The number of rotatable bonds is 9. The Balaban J connectivity index is 1.65. The van der Waals surface area contributed by atoms with Crippen molar-refractivity contribution in [3.05, 3.63) is 118 Å². The minimum atomic E-state index is -1.00. The molecule has 5 nitrogen and oxygen atoms in total. The van der Waals surface area contributed by atoms with Crippen LogP contribution in [0.2, 0.25) is 5.02 Å². The van der Waals surface area contributed by atoms with Crippen LogP contribution in [0.3, 0.4) is 0 Å². The number of carbonyl (C=O) groups is 1. The lowest BCUT2D eigenvalue weighted by Crippen LogP contribution is -2.15. The van der Waals surface area contributed by atoms with Crippen molar-refractivity contribution in [1.29, 1.82) is 0 Å². The number of carboxylic acids is 1. The van der Waals surface area contributed by atoms with Crippen LogP contribution < -0.4 is 0 Å². The largest absolute Gasteiger partial charge is 0.478 e. The average Bonchev–Trinajstić information content (AvgIpc) is 3.36. The van der Waals surface area contributed by atoms with E-state index in [0.717, 1.165) is 69.9 Å². The lowest BCUT2D eigenvalue weighted by atomic mass is 9.73. The highest BCUT2D eigenvalue weighted by atomic mass is 35.5. The molecule has 1 heterocycles. The summed E-state index contributed by atoms with van der Waals surface area (Å²) in [5.41, 5.74) is 7.62. The fraction of sp³-hybridized carbons (Fsp3) is 0.188. The van der Waals surface area contributed by atoms with Gasteiger partial charge in [-0.25, -0.2) is 9.18 Å². The lowest BCUT2D eigenvalue weighted by molar-refractivity contribution is -0.131. The first-order valence-electron chi connectivity index (χ1n) is 12.9. The monoisotopic (exact) mass is 542 g/mol. The van der Waals surface area contributed by atoms with Crippen LogP contribution in [0.15, 0.2) is 85.2 Å². The summed E-state index contributed by atoms with van der Waals surface area (Å²) in [5, 5.41) is 22.9. The van der Waals surface area contributed by atoms with Crippen LogP contribution in [0.4, 0.5) is 4.39 Å². The molecule has 1 aliphatic carbocycles. The fourth-order valence-electron chi connectivity index (χ4n) is 4.94. The van der Waals surface area contributed by atoms with Gasteiger partial charge in [0.15, 0.2) is 0 Å². The quantitative estimate of drug-likeness (QED) is 0.173. The summed E-state index contributed by atoms with van der Waals surface area (Å²) < 4.78 is 15.7. The Morgan fingerprint density at radius 3 is 2.31 bits per heavy atom. The van der Waals surface area contributed by atoms with Gasteiger partial charge in [0, 0.05) is 17.8 Å². The first kappa shape index (κ1) is 26.6. The maximum Gasteiger partial charge on any atom is 0.328 e. The summed E-state index contributed by atoms with van der Waals surface area (Å²) in [5.74, 6) is -1.09. The Labute approximate surface area is 231 Å². The maximum absolute atomic E-state index is 14.0. The molecule has 39 heavy (non-hydrogen) atoms. The summed E-state index contributed by atoms with van der Waals surface area (Å²) in [6, 6.07) is 20.6. The number of benzene rings is 3. The van der Waals surface area contributed by atoms with Crippen LogP contribution in [0.1, 0.15) is 41.5 Å². The molecule has 7 heteroatoms. The zero-order valence-electron chi connectivity index (χ0n) is 21.2. The number of hydrogen-bond acceptors (Lipinski definition) is 3. The van der Waals surface area contributed by atoms with Gasteiger partial charge in [-0.1, -0.05) is 72.6 Å². The summed E-state index contributed by atoms with van der Waals surface area (Å²) in [7, 11) is 0. The summed E-state index contributed by atoms with van der Waals surface area (Å²) in [6.07, 6.45) is 9.53. The first-order valence-corrected chi connectivity index (χ1v) is 13.3. The first-order chi connectivity index (χ1) is 18.9. The third kappa shape index (κ3) is 6.03. The van der Waals surface area contributed by atoms with Gasteiger partial charge in [0.1, 0.15) is 5.82 Å². The highest BCUT2D eigenvalue weighted by Gasteiger charge is 2.28. The van der Waals surface area contributed by atoms with E-state index in [1.807, 2.05) is 42.6 Å². The van der Waals surface area contributed by atoms with E-state index < -0.39 is 5.97 Å². The highest BCUT2D eigenvalue weighted by Crippen LogP contribution is 2.47. The smallest absolute Gasteiger partial charge is 0.328 e. The molecular formula is C32H28ClFN2O3. The number of carboxylic acid groups (broad SMARTS) is 1. The minimum Gasteiger partial charge on any atom is -0.478 e.